The van der Waals surface area contributed by atoms with Gasteiger partial charge in [-0.2, -0.15) is 0 Å². The number of nitrogens with two attached hydrogens (primary N) is 2. The highest BCUT2D eigenvalue weighted by Crippen LogP contribution is 2.21. The predicted molar refractivity (Wildman–Crippen MR) is 45.1 cm³/mol. The van der Waals surface area contributed by atoms with Crippen LogP contribution >= 0.6 is 11.3 Å². The van der Waals surface area contributed by atoms with Crippen LogP contribution < -0.4 is 11.5 Å². The van der Waals surface area contributed by atoms with E-state index in [0.29, 0.717) is 0 Å². The van der Waals surface area contributed by atoms with Crippen molar-refractivity contribution in [3.63, 3.8) is 0 Å². The summed E-state index contributed by atoms with van der Waals surface area (Å²) in [6, 6.07) is 3.64. The normalized spacial score (nSPS) is 15.8. The van der Waals surface area contributed by atoms with Gasteiger partial charge in [-0.3, -0.25) is 4.79 Å². The molecule has 0 aliphatic rings. The minimum Gasteiger partial charge on any atom is -0.368 e. The molecule has 0 aliphatic carbocycles. The summed E-state index contributed by atoms with van der Waals surface area (Å²) in [6.45, 7) is 1.61. The average molecular weight is 170 g/mol. The van der Waals surface area contributed by atoms with Crippen LogP contribution in [0.25, 0.3) is 0 Å². The van der Waals surface area contributed by atoms with Crippen molar-refractivity contribution >= 4 is 17.2 Å². The van der Waals surface area contributed by atoms with E-state index in [-0.39, 0.29) is 0 Å². The zero-order chi connectivity index (χ0) is 8.48. The van der Waals surface area contributed by atoms with Crippen molar-refractivity contribution in [2.75, 3.05) is 0 Å². The van der Waals surface area contributed by atoms with Crippen LogP contribution in [0.15, 0.2) is 17.5 Å². The second-order valence-electron chi connectivity index (χ2n) is 2.54. The third-order valence-corrected chi connectivity index (χ3v) is 2.65. The van der Waals surface area contributed by atoms with E-state index in [2.05, 4.69) is 0 Å². The minimum atomic E-state index is -1.02. The van der Waals surface area contributed by atoms with Gasteiger partial charge < -0.3 is 11.5 Å². The molecule has 0 aliphatic heterocycles. The molecule has 1 aromatic rings. The number of carbonyl (C=O) groups is 1. The Bertz CT molecular complexity index is 253. The Morgan fingerprint density at radius 1 is 1.73 bits per heavy atom. The lowest BCUT2D eigenvalue weighted by molar-refractivity contribution is -0.122. The molecule has 0 aromatic carbocycles. The molecule has 0 fully saturated rings. The van der Waals surface area contributed by atoms with E-state index in [1.165, 1.54) is 11.3 Å². The first-order chi connectivity index (χ1) is 5.05. The molecule has 1 amide bonds. The molecule has 11 heavy (non-hydrogen) atoms. The maximum atomic E-state index is 10.8. The molecule has 1 atom stereocenters. The van der Waals surface area contributed by atoms with E-state index >= 15 is 0 Å². The van der Waals surface area contributed by atoms with E-state index in [4.69, 9.17) is 11.5 Å². The topological polar surface area (TPSA) is 69.1 Å². The Morgan fingerprint density at radius 2 is 2.36 bits per heavy atom. The van der Waals surface area contributed by atoms with Gasteiger partial charge in [0.15, 0.2) is 0 Å². The Hall–Kier alpha value is -0.870. The van der Waals surface area contributed by atoms with Crippen LogP contribution in [-0.2, 0) is 10.3 Å². The SMILES string of the molecule is CC(N)(C(N)=O)c1cccs1. The summed E-state index contributed by atoms with van der Waals surface area (Å²) in [6.07, 6.45) is 0. The second kappa shape index (κ2) is 2.64. The first-order valence-electron chi connectivity index (χ1n) is 3.18. The summed E-state index contributed by atoms with van der Waals surface area (Å²) in [5.74, 6) is -0.500. The number of thiophene rings is 1. The minimum absolute atomic E-state index is 0.500. The third kappa shape index (κ3) is 1.41. The molecule has 3 nitrogen and oxygen atoms in total. The number of carbonyl (C=O) groups excluding carboxylic acids is 1. The maximum Gasteiger partial charge on any atom is 0.242 e. The Labute approximate surface area is 69.0 Å². The lowest BCUT2D eigenvalue weighted by Crippen LogP contribution is -2.45. The molecule has 0 saturated carbocycles. The van der Waals surface area contributed by atoms with Gasteiger partial charge in [-0.25, -0.2) is 0 Å². The number of rotatable bonds is 2. The Kier molecular flexibility index (Phi) is 1.97. The zero-order valence-corrected chi connectivity index (χ0v) is 7.02. The number of hydrogen-bond donors (Lipinski definition) is 2. The van der Waals surface area contributed by atoms with Gasteiger partial charge in [-0.15, -0.1) is 11.3 Å². The van der Waals surface area contributed by atoms with Crippen LogP contribution in [0.5, 0.6) is 0 Å². The summed E-state index contributed by atoms with van der Waals surface area (Å²) in [4.78, 5) is 11.6. The van der Waals surface area contributed by atoms with Crippen molar-refractivity contribution in [3.8, 4) is 0 Å². The van der Waals surface area contributed by atoms with Crippen molar-refractivity contribution in [2.24, 2.45) is 11.5 Å². The first-order valence-corrected chi connectivity index (χ1v) is 4.06. The average Bonchev–Trinajstić information content (AvgIpc) is 2.37. The second-order valence-corrected chi connectivity index (χ2v) is 3.49. The van der Waals surface area contributed by atoms with Gasteiger partial charge in [0, 0.05) is 4.88 Å². The fourth-order valence-corrected chi connectivity index (χ4v) is 1.50. The molecule has 1 unspecified atom stereocenters. The lowest BCUT2D eigenvalue weighted by Gasteiger charge is -2.17. The van der Waals surface area contributed by atoms with E-state index < -0.39 is 11.4 Å². The fraction of sp³-hybridized carbons (Fsp3) is 0.286. The van der Waals surface area contributed by atoms with Gasteiger partial charge in [0.2, 0.25) is 5.91 Å². The molecule has 1 aromatic heterocycles. The molecular weight excluding hydrogens is 160 g/mol. The third-order valence-electron chi connectivity index (χ3n) is 1.54. The zero-order valence-electron chi connectivity index (χ0n) is 6.20. The fourth-order valence-electron chi connectivity index (χ4n) is 0.695. The van der Waals surface area contributed by atoms with Crippen LogP contribution in [0.1, 0.15) is 11.8 Å². The summed E-state index contributed by atoms with van der Waals surface area (Å²) >= 11 is 1.43. The molecule has 4 N–H and O–H groups in total. The van der Waals surface area contributed by atoms with Crippen LogP contribution in [0.2, 0.25) is 0 Å². The highest BCUT2D eigenvalue weighted by molar-refractivity contribution is 7.10. The molecule has 0 spiro atoms. The molecule has 0 saturated heterocycles. The highest BCUT2D eigenvalue weighted by atomic mass is 32.1. The summed E-state index contributed by atoms with van der Waals surface area (Å²) in [7, 11) is 0. The number of amides is 1. The standard InChI is InChI=1S/C7H10N2OS/c1-7(9,6(8)10)5-3-2-4-11-5/h2-4H,9H2,1H3,(H2,8,10). The number of primary amides is 1. The molecule has 60 valence electrons. The summed E-state index contributed by atoms with van der Waals surface area (Å²) < 4.78 is 0. The van der Waals surface area contributed by atoms with Crippen LogP contribution in [0, 0.1) is 0 Å². The molecule has 4 heteroatoms. The van der Waals surface area contributed by atoms with Crippen molar-refractivity contribution < 1.29 is 4.79 Å². The van der Waals surface area contributed by atoms with E-state index in [1.54, 1.807) is 13.0 Å². The number of hydrogen-bond acceptors (Lipinski definition) is 3. The van der Waals surface area contributed by atoms with Crippen LogP contribution in [0.4, 0.5) is 0 Å². The lowest BCUT2D eigenvalue weighted by atomic mass is 10.0. The van der Waals surface area contributed by atoms with E-state index in [1.807, 2.05) is 11.4 Å². The van der Waals surface area contributed by atoms with Crippen LogP contribution in [0.3, 0.4) is 0 Å². The van der Waals surface area contributed by atoms with Crippen LogP contribution in [-0.4, -0.2) is 5.91 Å². The summed E-state index contributed by atoms with van der Waals surface area (Å²) in [5.41, 5.74) is 9.75. The Morgan fingerprint density at radius 3 is 2.73 bits per heavy atom. The molecule has 1 heterocycles. The summed E-state index contributed by atoms with van der Waals surface area (Å²) in [5, 5.41) is 1.86. The van der Waals surface area contributed by atoms with E-state index in [0.717, 1.165) is 4.88 Å². The van der Waals surface area contributed by atoms with Crippen molar-refractivity contribution in [3.05, 3.63) is 22.4 Å². The monoisotopic (exact) mass is 170 g/mol. The first kappa shape index (κ1) is 8.23. The van der Waals surface area contributed by atoms with Crippen molar-refractivity contribution in [1.29, 1.82) is 0 Å². The predicted octanol–water partition coefficient (Wildman–Crippen LogP) is 0.407. The van der Waals surface area contributed by atoms with Gasteiger partial charge in [0.1, 0.15) is 5.54 Å². The maximum absolute atomic E-state index is 10.8. The van der Waals surface area contributed by atoms with Gasteiger partial charge >= 0.3 is 0 Å². The molecule has 0 radical (unpaired) electrons. The van der Waals surface area contributed by atoms with Crippen molar-refractivity contribution in [2.45, 2.75) is 12.5 Å². The molecule has 1 rings (SSSR count). The highest BCUT2D eigenvalue weighted by Gasteiger charge is 2.28. The quantitative estimate of drug-likeness (QED) is 0.674. The molecule has 0 bridgehead atoms. The van der Waals surface area contributed by atoms with Crippen molar-refractivity contribution in [1.82, 2.24) is 0 Å². The molecular formula is C7H10N2OS. The van der Waals surface area contributed by atoms with Gasteiger partial charge in [0.05, 0.1) is 0 Å². The van der Waals surface area contributed by atoms with Gasteiger partial charge in [-0.1, -0.05) is 6.07 Å². The Balaban J connectivity index is 3.00. The smallest absolute Gasteiger partial charge is 0.242 e. The largest absolute Gasteiger partial charge is 0.368 e. The van der Waals surface area contributed by atoms with Gasteiger partial charge in [0.25, 0.3) is 0 Å². The van der Waals surface area contributed by atoms with E-state index in [9.17, 15) is 4.79 Å². The van der Waals surface area contributed by atoms with Gasteiger partial charge in [-0.05, 0) is 18.4 Å².